The lowest BCUT2D eigenvalue weighted by Gasteiger charge is -2.27. The molecule has 114 valence electrons. The summed E-state index contributed by atoms with van der Waals surface area (Å²) in [6.45, 7) is 2.51. The Morgan fingerprint density at radius 2 is 2.05 bits per heavy atom. The molecule has 1 aliphatic rings. The first-order valence-electron chi connectivity index (χ1n) is 6.96. The summed E-state index contributed by atoms with van der Waals surface area (Å²) < 4.78 is 27.7. The molecule has 1 fully saturated rings. The highest BCUT2D eigenvalue weighted by atomic mass is 32.2. The van der Waals surface area contributed by atoms with E-state index in [4.69, 9.17) is 0 Å². The van der Waals surface area contributed by atoms with Crippen molar-refractivity contribution in [1.82, 2.24) is 9.62 Å². The van der Waals surface area contributed by atoms with E-state index in [9.17, 15) is 8.42 Å². The maximum Gasteiger partial charge on any atom is 0.250 e. The summed E-state index contributed by atoms with van der Waals surface area (Å²) in [4.78, 5) is 2.37. The second kappa shape index (κ2) is 6.58. The van der Waals surface area contributed by atoms with Crippen molar-refractivity contribution in [2.24, 2.45) is 0 Å². The average Bonchev–Trinajstić information content (AvgIpc) is 3.23. The SMILES string of the molecule is O=S(=O)(NC[C@@H](c1ccsc1)N1CCCC1)c1cccs1. The lowest BCUT2D eigenvalue weighted by molar-refractivity contribution is 0.247. The van der Waals surface area contributed by atoms with Gasteiger partial charge < -0.3 is 0 Å². The fourth-order valence-corrected chi connectivity index (χ4v) is 5.43. The van der Waals surface area contributed by atoms with Gasteiger partial charge in [0, 0.05) is 12.6 Å². The summed E-state index contributed by atoms with van der Waals surface area (Å²) in [5.74, 6) is 0. The van der Waals surface area contributed by atoms with Crippen LogP contribution in [0.25, 0.3) is 0 Å². The van der Waals surface area contributed by atoms with Gasteiger partial charge >= 0.3 is 0 Å². The molecule has 0 aromatic carbocycles. The van der Waals surface area contributed by atoms with E-state index in [0.29, 0.717) is 10.8 Å². The monoisotopic (exact) mass is 342 g/mol. The van der Waals surface area contributed by atoms with Crippen molar-refractivity contribution in [3.8, 4) is 0 Å². The van der Waals surface area contributed by atoms with Crippen molar-refractivity contribution in [2.75, 3.05) is 19.6 Å². The Morgan fingerprint density at radius 3 is 2.67 bits per heavy atom. The highest BCUT2D eigenvalue weighted by Gasteiger charge is 2.26. The van der Waals surface area contributed by atoms with Gasteiger partial charge in [0.25, 0.3) is 0 Å². The zero-order valence-corrected chi connectivity index (χ0v) is 14.0. The van der Waals surface area contributed by atoms with Crippen LogP contribution in [-0.2, 0) is 10.0 Å². The van der Waals surface area contributed by atoms with Crippen LogP contribution < -0.4 is 4.72 Å². The molecule has 7 heteroatoms. The van der Waals surface area contributed by atoms with Crippen molar-refractivity contribution in [2.45, 2.75) is 23.1 Å². The van der Waals surface area contributed by atoms with E-state index in [1.165, 1.54) is 29.7 Å². The van der Waals surface area contributed by atoms with Crippen LogP contribution in [0.3, 0.4) is 0 Å². The summed E-state index contributed by atoms with van der Waals surface area (Å²) in [5.41, 5.74) is 1.20. The Bertz CT molecular complexity index is 644. The lowest BCUT2D eigenvalue weighted by Crippen LogP contribution is -2.36. The first kappa shape index (κ1) is 15.2. The lowest BCUT2D eigenvalue weighted by atomic mass is 10.1. The summed E-state index contributed by atoms with van der Waals surface area (Å²) in [6.07, 6.45) is 2.39. The van der Waals surface area contributed by atoms with Gasteiger partial charge in [0.05, 0.1) is 0 Å². The molecule has 3 rings (SSSR count). The molecule has 0 saturated carbocycles. The Balaban J connectivity index is 1.73. The number of hydrogen-bond acceptors (Lipinski definition) is 5. The highest BCUT2D eigenvalue weighted by molar-refractivity contribution is 7.91. The minimum absolute atomic E-state index is 0.133. The number of sulfonamides is 1. The van der Waals surface area contributed by atoms with Gasteiger partial charge in [-0.05, 0) is 59.8 Å². The van der Waals surface area contributed by atoms with E-state index in [-0.39, 0.29) is 6.04 Å². The Hall–Kier alpha value is -0.730. The normalized spacial score (nSPS) is 18.1. The van der Waals surface area contributed by atoms with Gasteiger partial charge in [-0.25, -0.2) is 13.1 Å². The summed E-state index contributed by atoms with van der Waals surface area (Å²) in [7, 11) is -3.39. The van der Waals surface area contributed by atoms with Crippen molar-refractivity contribution in [3.63, 3.8) is 0 Å². The molecule has 4 nitrogen and oxygen atoms in total. The van der Waals surface area contributed by atoms with Crippen LogP contribution in [0, 0.1) is 0 Å². The van der Waals surface area contributed by atoms with Crippen LogP contribution in [0.1, 0.15) is 24.4 Å². The fraction of sp³-hybridized carbons (Fsp3) is 0.429. The van der Waals surface area contributed by atoms with Gasteiger partial charge in [-0.3, -0.25) is 4.90 Å². The van der Waals surface area contributed by atoms with Crippen molar-refractivity contribution >= 4 is 32.7 Å². The summed E-state index contributed by atoms with van der Waals surface area (Å²) >= 11 is 2.91. The van der Waals surface area contributed by atoms with E-state index in [2.05, 4.69) is 21.1 Å². The van der Waals surface area contributed by atoms with Gasteiger partial charge in [-0.1, -0.05) is 6.07 Å². The van der Waals surface area contributed by atoms with Crippen molar-refractivity contribution in [3.05, 3.63) is 39.9 Å². The van der Waals surface area contributed by atoms with E-state index in [0.717, 1.165) is 13.1 Å². The first-order valence-corrected chi connectivity index (χ1v) is 10.3. The average molecular weight is 343 g/mol. The fourth-order valence-electron chi connectivity index (χ4n) is 2.65. The number of nitrogens with one attached hydrogen (secondary N) is 1. The molecule has 0 aliphatic carbocycles. The zero-order chi connectivity index (χ0) is 14.7. The molecule has 0 amide bonds. The molecule has 1 N–H and O–H groups in total. The van der Waals surface area contributed by atoms with Crippen LogP contribution in [0.2, 0.25) is 0 Å². The Labute approximate surface area is 133 Å². The standard InChI is InChI=1S/C14H18N2O2S3/c17-21(18,14-4-3-8-20-14)15-10-13(12-5-9-19-11-12)16-6-1-2-7-16/h3-5,8-9,11,13,15H,1-2,6-7,10H2/t13-/m0/s1. The number of thiophene rings is 2. The van der Waals surface area contributed by atoms with Crippen molar-refractivity contribution in [1.29, 1.82) is 0 Å². The Morgan fingerprint density at radius 1 is 1.24 bits per heavy atom. The minimum Gasteiger partial charge on any atom is -0.295 e. The molecule has 0 bridgehead atoms. The minimum atomic E-state index is -3.39. The molecule has 0 spiro atoms. The molecule has 2 aromatic heterocycles. The second-order valence-electron chi connectivity index (χ2n) is 5.10. The van der Waals surface area contributed by atoms with Gasteiger partial charge in [0.1, 0.15) is 4.21 Å². The second-order valence-corrected chi connectivity index (χ2v) is 8.82. The molecule has 2 aromatic rings. The van der Waals surface area contributed by atoms with Gasteiger partial charge in [0.15, 0.2) is 0 Å². The molecule has 1 saturated heterocycles. The van der Waals surface area contributed by atoms with Crippen LogP contribution in [0.5, 0.6) is 0 Å². The summed E-state index contributed by atoms with van der Waals surface area (Å²) in [5, 5.41) is 5.94. The van der Waals surface area contributed by atoms with E-state index >= 15 is 0 Å². The number of nitrogens with zero attached hydrogens (tertiary/aromatic N) is 1. The van der Waals surface area contributed by atoms with Gasteiger partial charge in [0.2, 0.25) is 10.0 Å². The Kier molecular flexibility index (Phi) is 4.75. The van der Waals surface area contributed by atoms with Gasteiger partial charge in [-0.15, -0.1) is 11.3 Å². The van der Waals surface area contributed by atoms with Crippen LogP contribution in [0.4, 0.5) is 0 Å². The van der Waals surface area contributed by atoms with Crippen LogP contribution in [0.15, 0.2) is 38.5 Å². The van der Waals surface area contributed by atoms with E-state index < -0.39 is 10.0 Å². The largest absolute Gasteiger partial charge is 0.295 e. The number of hydrogen-bond donors (Lipinski definition) is 1. The predicted molar refractivity (Wildman–Crippen MR) is 87.4 cm³/mol. The van der Waals surface area contributed by atoms with E-state index in [1.807, 2.05) is 5.38 Å². The smallest absolute Gasteiger partial charge is 0.250 e. The third kappa shape index (κ3) is 3.54. The van der Waals surface area contributed by atoms with Crippen molar-refractivity contribution < 1.29 is 8.42 Å². The third-order valence-electron chi connectivity index (χ3n) is 3.74. The quantitative estimate of drug-likeness (QED) is 0.878. The molecule has 3 heterocycles. The molecule has 1 atom stereocenters. The van der Waals surface area contributed by atoms with E-state index in [1.54, 1.807) is 28.8 Å². The molecule has 0 unspecified atom stereocenters. The molecular weight excluding hydrogens is 324 g/mol. The zero-order valence-electron chi connectivity index (χ0n) is 11.6. The third-order valence-corrected chi connectivity index (χ3v) is 7.26. The molecule has 21 heavy (non-hydrogen) atoms. The van der Waals surface area contributed by atoms with Crippen LogP contribution in [-0.4, -0.2) is 33.0 Å². The van der Waals surface area contributed by atoms with Gasteiger partial charge in [-0.2, -0.15) is 11.3 Å². The molecule has 0 radical (unpaired) electrons. The molecule has 1 aliphatic heterocycles. The number of rotatable bonds is 6. The summed E-state index contributed by atoms with van der Waals surface area (Å²) in [6, 6.07) is 5.62. The highest BCUT2D eigenvalue weighted by Crippen LogP contribution is 2.27. The molecular formula is C14H18N2O2S3. The maximum atomic E-state index is 12.3. The van der Waals surface area contributed by atoms with Crippen LogP contribution >= 0.6 is 22.7 Å². The maximum absolute atomic E-state index is 12.3. The first-order chi connectivity index (χ1) is 10.2. The topological polar surface area (TPSA) is 49.4 Å². The number of likely N-dealkylation sites (tertiary alicyclic amines) is 1. The predicted octanol–water partition coefficient (Wildman–Crippen LogP) is 2.93.